The number of rotatable bonds is 6. The number of hydrogen-bond acceptors (Lipinski definition) is 4. The molecule has 5 nitrogen and oxygen atoms in total. The summed E-state index contributed by atoms with van der Waals surface area (Å²) in [5, 5.41) is 0. The lowest BCUT2D eigenvalue weighted by Crippen LogP contribution is -2.37. The quantitative estimate of drug-likeness (QED) is 0.714. The second-order valence-electron chi connectivity index (χ2n) is 7.77. The molecule has 2 aromatic heterocycles. The van der Waals surface area contributed by atoms with Crippen LogP contribution in [0.5, 0.6) is 0 Å². The number of hydrogen-bond donors (Lipinski definition) is 1. The zero-order valence-corrected chi connectivity index (χ0v) is 16.0. The Morgan fingerprint density at radius 1 is 1.26 bits per heavy atom. The Balaban J connectivity index is 1.25. The lowest BCUT2D eigenvalue weighted by Gasteiger charge is -2.33. The molecule has 1 aliphatic heterocycles. The number of benzene rings is 1. The fourth-order valence-corrected chi connectivity index (χ4v) is 3.99. The van der Waals surface area contributed by atoms with Gasteiger partial charge >= 0.3 is 0 Å². The number of aromatic nitrogens is 2. The molecule has 0 aliphatic carbocycles. The van der Waals surface area contributed by atoms with Gasteiger partial charge < -0.3 is 9.40 Å². The first-order chi connectivity index (χ1) is 13.0. The first-order valence-electron chi connectivity index (χ1n) is 9.65. The second-order valence-corrected chi connectivity index (χ2v) is 7.77. The van der Waals surface area contributed by atoms with E-state index in [1.165, 1.54) is 25.0 Å². The summed E-state index contributed by atoms with van der Waals surface area (Å²) in [6.07, 6.45) is 2.41. The van der Waals surface area contributed by atoms with Crippen molar-refractivity contribution in [1.82, 2.24) is 19.8 Å². The zero-order valence-electron chi connectivity index (χ0n) is 16.0. The Bertz CT molecular complexity index is 895. The van der Waals surface area contributed by atoms with Gasteiger partial charge in [-0.15, -0.1) is 0 Å². The van der Waals surface area contributed by atoms with Crippen molar-refractivity contribution in [2.24, 2.45) is 5.92 Å². The average Bonchev–Trinajstić information content (AvgIpc) is 3.21. The highest BCUT2D eigenvalue weighted by Gasteiger charge is 2.21. The maximum atomic E-state index is 13.3. The van der Waals surface area contributed by atoms with Gasteiger partial charge in [-0.1, -0.05) is 0 Å². The van der Waals surface area contributed by atoms with Gasteiger partial charge in [-0.2, -0.15) is 0 Å². The summed E-state index contributed by atoms with van der Waals surface area (Å²) in [7, 11) is 2.13. The Morgan fingerprint density at radius 2 is 2.07 bits per heavy atom. The summed E-state index contributed by atoms with van der Waals surface area (Å²) >= 11 is 0. The predicted octanol–water partition coefficient (Wildman–Crippen LogP) is 3.95. The standard InChI is InChI=1S/C21H27FN4O/c1-15-3-5-18(27-15)13-26-9-7-16(8-10-26)12-25(2)14-21-23-19-6-4-17(22)11-20(19)24-21/h3-6,11,16H,7-10,12-14H2,1-2H3,(H,23,24). The van der Waals surface area contributed by atoms with Crippen LogP contribution in [0, 0.1) is 18.7 Å². The van der Waals surface area contributed by atoms with Crippen LogP contribution >= 0.6 is 0 Å². The lowest BCUT2D eigenvalue weighted by molar-refractivity contribution is 0.139. The van der Waals surface area contributed by atoms with E-state index in [-0.39, 0.29) is 5.82 Å². The maximum Gasteiger partial charge on any atom is 0.125 e. The van der Waals surface area contributed by atoms with Gasteiger partial charge in [0, 0.05) is 6.54 Å². The summed E-state index contributed by atoms with van der Waals surface area (Å²) in [4.78, 5) is 12.6. The largest absolute Gasteiger partial charge is 0.465 e. The number of likely N-dealkylation sites (tertiary alicyclic amines) is 1. The SMILES string of the molecule is Cc1ccc(CN2CCC(CN(C)Cc3nc4ccc(F)cc4[nH]3)CC2)o1. The van der Waals surface area contributed by atoms with E-state index in [0.29, 0.717) is 5.92 Å². The zero-order chi connectivity index (χ0) is 18.8. The molecule has 0 unspecified atom stereocenters. The molecule has 0 amide bonds. The molecule has 0 spiro atoms. The summed E-state index contributed by atoms with van der Waals surface area (Å²) in [6, 6.07) is 8.79. The highest BCUT2D eigenvalue weighted by molar-refractivity contribution is 5.74. The number of aryl methyl sites for hydroxylation is 1. The number of nitrogens with zero attached hydrogens (tertiary/aromatic N) is 3. The molecule has 144 valence electrons. The molecule has 6 heteroatoms. The Kier molecular flexibility index (Phi) is 5.27. The van der Waals surface area contributed by atoms with Crippen LogP contribution in [0.4, 0.5) is 4.39 Å². The van der Waals surface area contributed by atoms with Gasteiger partial charge in [-0.25, -0.2) is 9.37 Å². The van der Waals surface area contributed by atoms with Crippen molar-refractivity contribution in [3.05, 3.63) is 53.5 Å². The number of aromatic amines is 1. The van der Waals surface area contributed by atoms with E-state index in [9.17, 15) is 4.39 Å². The highest BCUT2D eigenvalue weighted by atomic mass is 19.1. The maximum absolute atomic E-state index is 13.3. The number of H-pyrrole nitrogens is 1. The number of halogens is 1. The minimum absolute atomic E-state index is 0.234. The fraction of sp³-hybridized carbons (Fsp3) is 0.476. The molecule has 1 fully saturated rings. The smallest absolute Gasteiger partial charge is 0.125 e. The molecular weight excluding hydrogens is 343 g/mol. The van der Waals surface area contributed by atoms with Crippen LogP contribution in [-0.4, -0.2) is 46.4 Å². The van der Waals surface area contributed by atoms with Crippen molar-refractivity contribution < 1.29 is 8.81 Å². The topological polar surface area (TPSA) is 48.3 Å². The molecule has 3 heterocycles. The number of nitrogens with one attached hydrogen (secondary N) is 1. The molecule has 0 saturated carbocycles. The number of piperidine rings is 1. The van der Waals surface area contributed by atoms with Crippen molar-refractivity contribution in [2.75, 3.05) is 26.7 Å². The molecule has 0 atom stereocenters. The van der Waals surface area contributed by atoms with Gasteiger partial charge in [0.25, 0.3) is 0 Å². The van der Waals surface area contributed by atoms with E-state index in [0.717, 1.165) is 61.1 Å². The first kappa shape index (κ1) is 18.2. The first-order valence-corrected chi connectivity index (χ1v) is 9.65. The van der Waals surface area contributed by atoms with Gasteiger partial charge in [-0.3, -0.25) is 9.80 Å². The van der Waals surface area contributed by atoms with E-state index in [4.69, 9.17) is 4.42 Å². The average molecular weight is 370 g/mol. The third-order valence-electron chi connectivity index (χ3n) is 5.37. The van der Waals surface area contributed by atoms with E-state index < -0.39 is 0 Å². The van der Waals surface area contributed by atoms with E-state index in [1.807, 2.05) is 13.0 Å². The molecule has 3 aromatic rings. The molecule has 1 aromatic carbocycles. The van der Waals surface area contributed by atoms with Crippen LogP contribution in [0.3, 0.4) is 0 Å². The minimum Gasteiger partial charge on any atom is -0.465 e. The molecule has 1 N–H and O–H groups in total. The highest BCUT2D eigenvalue weighted by Crippen LogP contribution is 2.21. The molecule has 0 radical (unpaired) electrons. The van der Waals surface area contributed by atoms with Gasteiger partial charge in [-0.05, 0) is 76.2 Å². The van der Waals surface area contributed by atoms with Crippen LogP contribution in [0.15, 0.2) is 34.7 Å². The lowest BCUT2D eigenvalue weighted by atomic mass is 9.96. The summed E-state index contributed by atoms with van der Waals surface area (Å²) < 4.78 is 19.0. The number of furan rings is 1. The third kappa shape index (κ3) is 4.57. The van der Waals surface area contributed by atoms with Gasteiger partial charge in [0.1, 0.15) is 23.2 Å². The van der Waals surface area contributed by atoms with Gasteiger partial charge in [0.15, 0.2) is 0 Å². The molecule has 4 rings (SSSR count). The molecule has 1 aliphatic rings. The fourth-order valence-electron chi connectivity index (χ4n) is 3.99. The van der Waals surface area contributed by atoms with E-state index in [2.05, 4.69) is 32.9 Å². The van der Waals surface area contributed by atoms with Crippen LogP contribution in [0.2, 0.25) is 0 Å². The summed E-state index contributed by atoms with van der Waals surface area (Å²) in [6.45, 7) is 6.93. The Hall–Kier alpha value is -2.18. The minimum atomic E-state index is -0.234. The monoisotopic (exact) mass is 370 g/mol. The predicted molar refractivity (Wildman–Crippen MR) is 104 cm³/mol. The van der Waals surface area contributed by atoms with Gasteiger partial charge in [0.2, 0.25) is 0 Å². The summed E-state index contributed by atoms with van der Waals surface area (Å²) in [5.41, 5.74) is 1.58. The van der Waals surface area contributed by atoms with Crippen molar-refractivity contribution in [2.45, 2.75) is 32.9 Å². The van der Waals surface area contributed by atoms with Crippen molar-refractivity contribution in [1.29, 1.82) is 0 Å². The normalized spacial score (nSPS) is 16.6. The van der Waals surface area contributed by atoms with Crippen molar-refractivity contribution >= 4 is 11.0 Å². The van der Waals surface area contributed by atoms with E-state index in [1.54, 1.807) is 6.07 Å². The molecule has 0 bridgehead atoms. The van der Waals surface area contributed by atoms with E-state index >= 15 is 0 Å². The van der Waals surface area contributed by atoms with Crippen LogP contribution in [0.1, 0.15) is 30.2 Å². The Morgan fingerprint density at radius 3 is 2.81 bits per heavy atom. The second kappa shape index (κ2) is 7.82. The van der Waals surface area contributed by atoms with Crippen LogP contribution in [0.25, 0.3) is 11.0 Å². The summed E-state index contributed by atoms with van der Waals surface area (Å²) in [5.74, 6) is 3.40. The van der Waals surface area contributed by atoms with Crippen molar-refractivity contribution in [3.8, 4) is 0 Å². The number of fused-ring (bicyclic) bond motifs is 1. The van der Waals surface area contributed by atoms with Crippen LogP contribution in [-0.2, 0) is 13.1 Å². The third-order valence-corrected chi connectivity index (χ3v) is 5.37. The molecule has 1 saturated heterocycles. The number of imidazole rings is 1. The van der Waals surface area contributed by atoms with Crippen molar-refractivity contribution in [3.63, 3.8) is 0 Å². The molecular formula is C21H27FN4O. The Labute approximate surface area is 159 Å². The van der Waals surface area contributed by atoms with Gasteiger partial charge in [0.05, 0.1) is 24.1 Å². The van der Waals surface area contributed by atoms with Crippen LogP contribution < -0.4 is 0 Å². The molecule has 27 heavy (non-hydrogen) atoms.